The minimum atomic E-state index is -0.250. The van der Waals surface area contributed by atoms with Gasteiger partial charge in [0, 0.05) is 18.9 Å². The van der Waals surface area contributed by atoms with Gasteiger partial charge in [-0.15, -0.1) is 0 Å². The van der Waals surface area contributed by atoms with Crippen LogP contribution in [-0.2, 0) is 11.3 Å². The van der Waals surface area contributed by atoms with Crippen molar-refractivity contribution in [3.8, 4) is 5.75 Å². The number of nitrogens with zero attached hydrogens (tertiary/aromatic N) is 1. The van der Waals surface area contributed by atoms with E-state index in [2.05, 4.69) is 15.6 Å². The molecule has 2 aromatic rings. The summed E-state index contributed by atoms with van der Waals surface area (Å²) in [6.07, 6.45) is 6.19. The minimum Gasteiger partial charge on any atom is -0.493 e. The maximum absolute atomic E-state index is 12.4. The summed E-state index contributed by atoms with van der Waals surface area (Å²) in [4.78, 5) is 27.7. The summed E-state index contributed by atoms with van der Waals surface area (Å²) < 4.78 is 10.9. The molecule has 1 atom stereocenters. The summed E-state index contributed by atoms with van der Waals surface area (Å²) >= 11 is 0. The summed E-state index contributed by atoms with van der Waals surface area (Å²) in [5.74, 6) is 0.816. The maximum atomic E-state index is 12.4. The van der Waals surface area contributed by atoms with Gasteiger partial charge in [-0.05, 0) is 25.0 Å². The second-order valence-electron chi connectivity index (χ2n) is 5.90. The van der Waals surface area contributed by atoms with Gasteiger partial charge in [-0.3, -0.25) is 9.59 Å². The minimum absolute atomic E-state index is 0.0996. The molecule has 3 rings (SSSR count). The first-order chi connectivity index (χ1) is 12.2. The molecule has 1 saturated heterocycles. The van der Waals surface area contributed by atoms with Gasteiger partial charge in [-0.25, -0.2) is 4.98 Å². The molecule has 1 aliphatic heterocycles. The predicted octanol–water partition coefficient (Wildman–Crippen LogP) is 2.04. The lowest BCUT2D eigenvalue weighted by atomic mass is 10.0. The van der Waals surface area contributed by atoms with Crippen molar-refractivity contribution in [1.29, 1.82) is 0 Å². The van der Waals surface area contributed by atoms with Crippen molar-refractivity contribution in [1.82, 2.24) is 15.6 Å². The Morgan fingerprint density at radius 3 is 3.08 bits per heavy atom. The van der Waals surface area contributed by atoms with Gasteiger partial charge >= 0.3 is 0 Å². The van der Waals surface area contributed by atoms with Gasteiger partial charge in [-0.2, -0.15) is 0 Å². The fourth-order valence-corrected chi connectivity index (χ4v) is 2.78. The van der Waals surface area contributed by atoms with Crippen LogP contribution in [0.15, 0.2) is 41.1 Å². The van der Waals surface area contributed by atoms with E-state index >= 15 is 0 Å². The van der Waals surface area contributed by atoms with Crippen molar-refractivity contribution in [3.63, 3.8) is 0 Å². The molecule has 1 aromatic heterocycles. The lowest BCUT2D eigenvalue weighted by Gasteiger charge is -2.23. The Kier molecular flexibility index (Phi) is 5.66. The van der Waals surface area contributed by atoms with E-state index in [4.69, 9.17) is 9.15 Å². The maximum Gasteiger partial charge on any atom is 0.255 e. The predicted molar refractivity (Wildman–Crippen MR) is 90.0 cm³/mol. The third kappa shape index (κ3) is 4.82. The number of oxazole rings is 1. The number of hydrogen-bond donors (Lipinski definition) is 2. The van der Waals surface area contributed by atoms with Gasteiger partial charge in [0.1, 0.15) is 12.0 Å². The van der Waals surface area contributed by atoms with E-state index in [1.54, 1.807) is 18.2 Å². The van der Waals surface area contributed by atoms with Crippen molar-refractivity contribution < 1.29 is 18.7 Å². The van der Waals surface area contributed by atoms with Crippen LogP contribution in [0.3, 0.4) is 0 Å². The Morgan fingerprint density at radius 2 is 2.28 bits per heavy atom. The molecule has 25 heavy (non-hydrogen) atoms. The van der Waals surface area contributed by atoms with Crippen LogP contribution in [0.2, 0.25) is 0 Å². The lowest BCUT2D eigenvalue weighted by Crippen LogP contribution is -2.39. The van der Waals surface area contributed by atoms with Gasteiger partial charge in [-0.1, -0.05) is 12.1 Å². The normalized spacial score (nSPS) is 17.0. The van der Waals surface area contributed by atoms with Crippen LogP contribution in [0.25, 0.3) is 0 Å². The van der Waals surface area contributed by atoms with Gasteiger partial charge in [0.2, 0.25) is 11.8 Å². The molecule has 0 aliphatic carbocycles. The van der Waals surface area contributed by atoms with E-state index in [1.807, 2.05) is 6.07 Å². The number of amides is 2. The third-order valence-corrected chi connectivity index (χ3v) is 4.06. The number of carbonyl (C=O) groups is 2. The first-order valence-corrected chi connectivity index (χ1v) is 8.40. The zero-order valence-electron chi connectivity index (χ0n) is 13.9. The number of carbonyl (C=O) groups excluding carboxylic acids is 2. The van der Waals surface area contributed by atoms with Crippen LogP contribution in [0.5, 0.6) is 5.75 Å². The average molecular weight is 343 g/mol. The van der Waals surface area contributed by atoms with Crippen molar-refractivity contribution in [2.24, 2.45) is 0 Å². The zero-order valence-corrected chi connectivity index (χ0v) is 13.9. The summed E-state index contributed by atoms with van der Waals surface area (Å²) in [6.45, 7) is 0.656. The number of rotatable bonds is 7. The van der Waals surface area contributed by atoms with Gasteiger partial charge in [0.25, 0.3) is 5.91 Å². The van der Waals surface area contributed by atoms with Gasteiger partial charge in [0.05, 0.1) is 24.9 Å². The van der Waals surface area contributed by atoms with Crippen molar-refractivity contribution in [2.45, 2.75) is 38.3 Å². The van der Waals surface area contributed by atoms with Crippen LogP contribution < -0.4 is 15.4 Å². The molecule has 1 aromatic carbocycles. The van der Waals surface area contributed by atoms with Crippen LogP contribution in [0.4, 0.5) is 0 Å². The molecular formula is C18H21N3O4. The molecule has 1 aliphatic rings. The molecule has 0 bridgehead atoms. The second kappa shape index (κ2) is 8.32. The molecule has 0 radical (unpaired) electrons. The summed E-state index contributed by atoms with van der Waals surface area (Å²) in [6, 6.07) is 7.23. The van der Waals surface area contributed by atoms with Crippen molar-refractivity contribution in [2.75, 3.05) is 6.61 Å². The number of para-hydroxylation sites is 1. The summed E-state index contributed by atoms with van der Waals surface area (Å²) in [5.41, 5.74) is 0.460. The van der Waals surface area contributed by atoms with E-state index < -0.39 is 0 Å². The molecule has 132 valence electrons. The third-order valence-electron chi connectivity index (χ3n) is 4.06. The number of benzene rings is 1. The molecule has 7 nitrogen and oxygen atoms in total. The summed E-state index contributed by atoms with van der Waals surface area (Å²) in [7, 11) is 0. The lowest BCUT2D eigenvalue weighted by molar-refractivity contribution is -0.123. The molecule has 2 N–H and O–H groups in total. The molecule has 0 saturated carbocycles. The molecule has 1 fully saturated rings. The highest BCUT2D eigenvalue weighted by molar-refractivity contribution is 5.96. The van der Waals surface area contributed by atoms with Crippen LogP contribution >= 0.6 is 0 Å². The smallest absolute Gasteiger partial charge is 0.255 e. The van der Waals surface area contributed by atoms with E-state index in [-0.39, 0.29) is 24.4 Å². The topological polar surface area (TPSA) is 93.5 Å². The highest BCUT2D eigenvalue weighted by Crippen LogP contribution is 2.19. The highest BCUT2D eigenvalue weighted by Gasteiger charge is 2.18. The fourth-order valence-electron chi connectivity index (χ4n) is 2.78. The first kappa shape index (κ1) is 17.0. The highest BCUT2D eigenvalue weighted by atomic mass is 16.5. The number of hydrogen-bond acceptors (Lipinski definition) is 5. The Hall–Kier alpha value is -2.83. The van der Waals surface area contributed by atoms with E-state index in [0.717, 1.165) is 19.3 Å². The second-order valence-corrected chi connectivity index (χ2v) is 5.90. The SMILES string of the molecule is O=C1CCCC(CCOc2ccccc2C(=O)NCc2ncco2)N1. The first-order valence-electron chi connectivity index (χ1n) is 8.40. The molecule has 2 heterocycles. The van der Waals surface area contributed by atoms with Gasteiger partial charge in [0.15, 0.2) is 0 Å². The van der Waals surface area contributed by atoms with E-state index in [1.165, 1.54) is 12.5 Å². The number of aromatic nitrogens is 1. The van der Waals surface area contributed by atoms with Crippen LogP contribution in [0.1, 0.15) is 41.9 Å². The van der Waals surface area contributed by atoms with Crippen molar-refractivity contribution >= 4 is 11.8 Å². The Labute approximate surface area is 145 Å². The number of piperidine rings is 1. The Bertz CT molecular complexity index is 715. The van der Waals surface area contributed by atoms with Crippen molar-refractivity contribution in [3.05, 3.63) is 48.2 Å². The molecule has 2 amide bonds. The molecule has 0 spiro atoms. The van der Waals surface area contributed by atoms with Crippen LogP contribution in [-0.4, -0.2) is 29.4 Å². The van der Waals surface area contributed by atoms with E-state index in [9.17, 15) is 9.59 Å². The Morgan fingerprint density at radius 1 is 1.40 bits per heavy atom. The number of ether oxygens (including phenoxy) is 1. The quantitative estimate of drug-likeness (QED) is 0.802. The average Bonchev–Trinajstić information content (AvgIpc) is 3.14. The molecule has 7 heteroatoms. The van der Waals surface area contributed by atoms with E-state index in [0.29, 0.717) is 30.2 Å². The molecule has 1 unspecified atom stereocenters. The van der Waals surface area contributed by atoms with Gasteiger partial charge < -0.3 is 19.8 Å². The zero-order chi connectivity index (χ0) is 17.5. The van der Waals surface area contributed by atoms with Crippen LogP contribution in [0, 0.1) is 0 Å². The largest absolute Gasteiger partial charge is 0.493 e. The molecular weight excluding hydrogens is 322 g/mol. The standard InChI is InChI=1S/C18H21N3O4/c22-16-7-3-4-13(21-16)8-10-24-15-6-2-1-5-14(15)18(23)20-12-17-19-9-11-25-17/h1-2,5-6,9,11,13H,3-4,7-8,10,12H2,(H,20,23)(H,21,22). The Balaban J connectivity index is 1.53. The number of nitrogens with one attached hydrogen (secondary N) is 2. The monoisotopic (exact) mass is 343 g/mol. The summed E-state index contributed by atoms with van der Waals surface area (Å²) in [5, 5.41) is 5.72. The fraction of sp³-hybridized carbons (Fsp3) is 0.389.